The van der Waals surface area contributed by atoms with Gasteiger partial charge in [-0.1, -0.05) is 23.8 Å². The van der Waals surface area contributed by atoms with E-state index in [4.69, 9.17) is 10.5 Å². The number of benzene rings is 2. The van der Waals surface area contributed by atoms with Gasteiger partial charge in [0.05, 0.1) is 28.2 Å². The highest BCUT2D eigenvalue weighted by atomic mass is 32.2. The fraction of sp³-hybridized carbons (Fsp3) is 0.150. The van der Waals surface area contributed by atoms with Crippen molar-refractivity contribution in [3.63, 3.8) is 0 Å². The van der Waals surface area contributed by atoms with E-state index in [-0.39, 0.29) is 4.90 Å². The quantitative estimate of drug-likeness (QED) is 0.555. The third-order valence-electron chi connectivity index (χ3n) is 3.92. The standard InChI is InChI=1S/C20H22N4O3S/c1-3-22-19-12-20(23-13-18(19)21)27-16-6-4-5-15(11-16)24-28(25,26)17-9-7-14(2)8-10-17/h4-13,24H,3,21H2,1-2H3,(H,22,23). The lowest BCUT2D eigenvalue weighted by Crippen LogP contribution is -2.12. The highest BCUT2D eigenvalue weighted by molar-refractivity contribution is 7.92. The maximum atomic E-state index is 12.6. The molecule has 146 valence electrons. The molecule has 0 unspecified atom stereocenters. The van der Waals surface area contributed by atoms with Crippen LogP contribution >= 0.6 is 0 Å². The van der Waals surface area contributed by atoms with Gasteiger partial charge in [-0.05, 0) is 38.1 Å². The average Bonchev–Trinajstić information content (AvgIpc) is 2.65. The van der Waals surface area contributed by atoms with E-state index >= 15 is 0 Å². The summed E-state index contributed by atoms with van der Waals surface area (Å²) < 4.78 is 33.4. The minimum absolute atomic E-state index is 0.194. The molecule has 3 rings (SSSR count). The van der Waals surface area contributed by atoms with Crippen molar-refractivity contribution in [2.75, 3.05) is 22.3 Å². The lowest BCUT2D eigenvalue weighted by Gasteiger charge is -2.12. The number of nitrogen functional groups attached to an aromatic ring is 1. The Bertz CT molecular complexity index is 1070. The van der Waals surface area contributed by atoms with Gasteiger partial charge in [-0.2, -0.15) is 0 Å². The second-order valence-corrected chi connectivity index (χ2v) is 7.87. The molecule has 7 nitrogen and oxygen atoms in total. The van der Waals surface area contributed by atoms with Crippen molar-refractivity contribution in [3.05, 3.63) is 66.4 Å². The van der Waals surface area contributed by atoms with Crippen LogP contribution in [0.5, 0.6) is 11.6 Å². The molecule has 0 aliphatic carbocycles. The number of nitrogens with zero attached hydrogens (tertiary/aromatic N) is 1. The summed E-state index contributed by atoms with van der Waals surface area (Å²) in [6, 6.07) is 15.0. The third kappa shape index (κ3) is 4.72. The molecule has 0 spiro atoms. The second-order valence-electron chi connectivity index (χ2n) is 6.19. The Hall–Kier alpha value is -3.26. The topological polar surface area (TPSA) is 106 Å². The zero-order chi connectivity index (χ0) is 20.1. The molecule has 8 heteroatoms. The lowest BCUT2D eigenvalue weighted by atomic mass is 10.2. The zero-order valence-corrected chi connectivity index (χ0v) is 16.5. The second kappa shape index (κ2) is 8.18. The number of anilines is 3. The van der Waals surface area contributed by atoms with Crippen LogP contribution in [0.25, 0.3) is 0 Å². The van der Waals surface area contributed by atoms with Gasteiger partial charge >= 0.3 is 0 Å². The molecule has 0 aliphatic rings. The summed E-state index contributed by atoms with van der Waals surface area (Å²) in [7, 11) is -3.69. The molecule has 2 aromatic carbocycles. The first-order valence-corrected chi connectivity index (χ1v) is 10.2. The van der Waals surface area contributed by atoms with Crippen molar-refractivity contribution >= 4 is 27.1 Å². The Morgan fingerprint density at radius 3 is 2.57 bits per heavy atom. The van der Waals surface area contributed by atoms with Crippen molar-refractivity contribution in [1.29, 1.82) is 0 Å². The molecule has 0 amide bonds. The van der Waals surface area contributed by atoms with Crippen LogP contribution < -0.4 is 20.5 Å². The number of nitrogens with one attached hydrogen (secondary N) is 2. The number of sulfonamides is 1. The van der Waals surface area contributed by atoms with Gasteiger partial charge in [0.15, 0.2) is 0 Å². The molecular formula is C20H22N4O3S. The first-order chi connectivity index (χ1) is 13.4. The summed E-state index contributed by atoms with van der Waals surface area (Å²) in [5.41, 5.74) is 8.49. The Morgan fingerprint density at radius 1 is 1.11 bits per heavy atom. The molecular weight excluding hydrogens is 376 g/mol. The van der Waals surface area contributed by atoms with E-state index in [1.165, 1.54) is 6.20 Å². The smallest absolute Gasteiger partial charge is 0.261 e. The summed E-state index contributed by atoms with van der Waals surface area (Å²) >= 11 is 0. The number of hydrogen-bond donors (Lipinski definition) is 3. The van der Waals surface area contributed by atoms with E-state index in [2.05, 4.69) is 15.0 Å². The van der Waals surface area contributed by atoms with Crippen molar-refractivity contribution in [1.82, 2.24) is 4.98 Å². The highest BCUT2D eigenvalue weighted by Gasteiger charge is 2.14. The predicted octanol–water partition coefficient (Wildman–Crippen LogP) is 4.00. The van der Waals surface area contributed by atoms with Gasteiger partial charge in [0, 0.05) is 18.7 Å². The van der Waals surface area contributed by atoms with Crippen LogP contribution in [-0.2, 0) is 10.0 Å². The number of aromatic nitrogens is 1. The molecule has 0 saturated heterocycles. The monoisotopic (exact) mass is 398 g/mol. The molecule has 0 fully saturated rings. The summed E-state index contributed by atoms with van der Waals surface area (Å²) in [6.45, 7) is 4.57. The van der Waals surface area contributed by atoms with Gasteiger partial charge in [0.1, 0.15) is 5.75 Å². The Balaban J connectivity index is 1.79. The summed E-state index contributed by atoms with van der Waals surface area (Å²) in [5.74, 6) is 0.799. The van der Waals surface area contributed by atoms with Gasteiger partial charge < -0.3 is 15.8 Å². The molecule has 3 aromatic rings. The van der Waals surface area contributed by atoms with Crippen LogP contribution in [-0.4, -0.2) is 19.9 Å². The van der Waals surface area contributed by atoms with Gasteiger partial charge in [-0.3, -0.25) is 4.72 Å². The van der Waals surface area contributed by atoms with Crippen LogP contribution in [0.3, 0.4) is 0 Å². The maximum absolute atomic E-state index is 12.6. The van der Waals surface area contributed by atoms with Crippen LogP contribution in [0.4, 0.5) is 17.1 Å². The molecule has 0 bridgehead atoms. The van der Waals surface area contributed by atoms with Crippen molar-refractivity contribution < 1.29 is 13.2 Å². The van der Waals surface area contributed by atoms with Crippen LogP contribution in [0.1, 0.15) is 12.5 Å². The molecule has 0 aliphatic heterocycles. The van der Waals surface area contributed by atoms with Crippen molar-refractivity contribution in [2.24, 2.45) is 0 Å². The Labute approximate surface area is 164 Å². The largest absolute Gasteiger partial charge is 0.439 e. The molecule has 4 N–H and O–H groups in total. The Morgan fingerprint density at radius 2 is 1.86 bits per heavy atom. The first kappa shape index (κ1) is 19.5. The highest BCUT2D eigenvalue weighted by Crippen LogP contribution is 2.28. The van der Waals surface area contributed by atoms with Gasteiger partial charge in [-0.25, -0.2) is 13.4 Å². The normalized spacial score (nSPS) is 11.1. The molecule has 0 atom stereocenters. The maximum Gasteiger partial charge on any atom is 0.261 e. The number of hydrogen-bond acceptors (Lipinski definition) is 6. The molecule has 1 aromatic heterocycles. The van der Waals surface area contributed by atoms with Crippen LogP contribution in [0, 0.1) is 6.92 Å². The number of pyridine rings is 1. The zero-order valence-electron chi connectivity index (χ0n) is 15.6. The van der Waals surface area contributed by atoms with E-state index in [0.29, 0.717) is 29.5 Å². The van der Waals surface area contributed by atoms with E-state index in [0.717, 1.165) is 11.3 Å². The van der Waals surface area contributed by atoms with Crippen molar-refractivity contribution in [3.8, 4) is 11.6 Å². The molecule has 28 heavy (non-hydrogen) atoms. The van der Waals surface area contributed by atoms with Crippen LogP contribution in [0.2, 0.25) is 0 Å². The fourth-order valence-corrected chi connectivity index (χ4v) is 3.57. The summed E-state index contributed by atoms with van der Waals surface area (Å²) in [4.78, 5) is 4.35. The van der Waals surface area contributed by atoms with Gasteiger partial charge in [-0.15, -0.1) is 0 Å². The minimum atomic E-state index is -3.69. The number of aryl methyl sites for hydroxylation is 1. The van der Waals surface area contributed by atoms with Gasteiger partial charge in [0.25, 0.3) is 10.0 Å². The lowest BCUT2D eigenvalue weighted by molar-refractivity contribution is 0.463. The minimum Gasteiger partial charge on any atom is -0.439 e. The van der Waals surface area contributed by atoms with Crippen molar-refractivity contribution in [2.45, 2.75) is 18.7 Å². The third-order valence-corrected chi connectivity index (χ3v) is 5.31. The molecule has 0 radical (unpaired) electrons. The fourth-order valence-electron chi connectivity index (χ4n) is 2.52. The predicted molar refractivity (Wildman–Crippen MR) is 111 cm³/mol. The SMILES string of the molecule is CCNc1cc(Oc2cccc(NS(=O)(=O)c3ccc(C)cc3)c2)ncc1N. The molecule has 0 saturated carbocycles. The number of ether oxygens (including phenoxy) is 1. The van der Waals surface area contributed by atoms with E-state index in [1.807, 2.05) is 13.8 Å². The van der Waals surface area contributed by atoms with Crippen LogP contribution in [0.15, 0.2) is 65.7 Å². The summed E-state index contributed by atoms with van der Waals surface area (Å²) in [6.07, 6.45) is 1.51. The van der Waals surface area contributed by atoms with E-state index in [9.17, 15) is 8.42 Å². The van der Waals surface area contributed by atoms with E-state index in [1.54, 1.807) is 54.6 Å². The Kier molecular flexibility index (Phi) is 5.70. The van der Waals surface area contributed by atoms with Gasteiger partial charge in [0.2, 0.25) is 5.88 Å². The van der Waals surface area contributed by atoms with E-state index < -0.39 is 10.0 Å². The molecule has 1 heterocycles. The average molecular weight is 398 g/mol. The summed E-state index contributed by atoms with van der Waals surface area (Å²) in [5, 5.41) is 3.13. The number of nitrogens with two attached hydrogens (primary N) is 1. The number of rotatable bonds is 7. The first-order valence-electron chi connectivity index (χ1n) is 8.74.